The molecular formula is C27H28F3N5O4. The number of halogens is 3. The van der Waals surface area contributed by atoms with Crippen LogP contribution in [0.5, 0.6) is 0 Å². The van der Waals surface area contributed by atoms with E-state index >= 15 is 0 Å². The highest BCUT2D eigenvalue weighted by atomic mass is 19.4. The first-order chi connectivity index (χ1) is 18.5. The highest BCUT2D eigenvalue weighted by molar-refractivity contribution is 6.06. The van der Waals surface area contributed by atoms with Crippen LogP contribution < -0.4 is 15.5 Å². The minimum Gasteiger partial charge on any atom is -0.369 e. The number of piperazine rings is 1. The maximum Gasteiger partial charge on any atom is 0.412 e. The SMILES string of the molecule is CN1CCN(c2ccccc2C(NC(=O)c2ccc3c(c2)CN(C2CCC(=O)NC2=O)C3=O)C(F)(F)F)CC1. The molecule has 0 saturated carbocycles. The standard InChI is InChI=1S/C27H28F3N5O4/c1-33-10-12-34(13-11-33)20-5-3-2-4-19(20)23(27(28,29)30)32-24(37)16-6-7-18-17(14-16)15-35(26(18)39)21-8-9-22(36)31-25(21)38/h2-7,14,21,23H,8-13,15H2,1H3,(H,32,37)(H,31,36,38). The number of alkyl halides is 3. The molecule has 2 fully saturated rings. The van der Waals surface area contributed by atoms with Gasteiger partial charge >= 0.3 is 6.18 Å². The summed E-state index contributed by atoms with van der Waals surface area (Å²) in [6.07, 6.45) is -4.48. The molecule has 12 heteroatoms. The fraction of sp³-hybridized carbons (Fsp3) is 0.407. The van der Waals surface area contributed by atoms with Crippen LogP contribution in [0.3, 0.4) is 0 Å². The molecule has 0 radical (unpaired) electrons. The molecule has 9 nitrogen and oxygen atoms in total. The third-order valence-electron chi connectivity index (χ3n) is 7.48. The average Bonchev–Trinajstić information content (AvgIpc) is 3.22. The van der Waals surface area contributed by atoms with E-state index in [0.717, 1.165) is 0 Å². The fourth-order valence-electron chi connectivity index (χ4n) is 5.33. The molecule has 3 heterocycles. The van der Waals surface area contributed by atoms with E-state index < -0.39 is 41.9 Å². The van der Waals surface area contributed by atoms with Gasteiger partial charge in [-0.1, -0.05) is 18.2 Å². The van der Waals surface area contributed by atoms with Gasteiger partial charge in [0.1, 0.15) is 6.04 Å². The molecule has 0 spiro atoms. The monoisotopic (exact) mass is 543 g/mol. The van der Waals surface area contributed by atoms with Gasteiger partial charge in [-0.25, -0.2) is 0 Å². The lowest BCUT2D eigenvalue weighted by Gasteiger charge is -2.36. The first-order valence-electron chi connectivity index (χ1n) is 12.7. The van der Waals surface area contributed by atoms with Crippen LogP contribution in [0, 0.1) is 0 Å². The van der Waals surface area contributed by atoms with Gasteiger partial charge in [-0.15, -0.1) is 0 Å². The number of nitrogens with zero attached hydrogens (tertiary/aromatic N) is 3. The molecule has 4 amide bonds. The van der Waals surface area contributed by atoms with E-state index in [2.05, 4.69) is 15.5 Å². The normalized spacial score (nSPS) is 21.0. The Balaban J connectivity index is 1.37. The van der Waals surface area contributed by atoms with Crippen molar-refractivity contribution in [1.29, 1.82) is 0 Å². The predicted molar refractivity (Wildman–Crippen MR) is 135 cm³/mol. The number of piperidine rings is 1. The van der Waals surface area contributed by atoms with Crippen molar-refractivity contribution in [3.63, 3.8) is 0 Å². The minimum absolute atomic E-state index is 0.0104. The number of hydrogen-bond acceptors (Lipinski definition) is 6. The Morgan fingerprint density at radius 2 is 1.77 bits per heavy atom. The molecule has 3 aliphatic rings. The number of hydrogen-bond donors (Lipinski definition) is 2. The van der Waals surface area contributed by atoms with Crippen molar-refractivity contribution in [3.05, 3.63) is 64.7 Å². The van der Waals surface area contributed by atoms with Crippen LogP contribution in [0.15, 0.2) is 42.5 Å². The van der Waals surface area contributed by atoms with E-state index in [-0.39, 0.29) is 36.1 Å². The molecule has 2 aromatic carbocycles. The Bertz CT molecular complexity index is 1320. The zero-order chi connectivity index (χ0) is 27.9. The van der Waals surface area contributed by atoms with Gasteiger partial charge in [0.2, 0.25) is 11.8 Å². The van der Waals surface area contributed by atoms with Crippen molar-refractivity contribution in [2.24, 2.45) is 0 Å². The van der Waals surface area contributed by atoms with Crippen LogP contribution in [-0.2, 0) is 16.1 Å². The molecule has 0 bridgehead atoms. The molecular weight excluding hydrogens is 515 g/mol. The highest BCUT2D eigenvalue weighted by Crippen LogP contribution is 2.38. The van der Waals surface area contributed by atoms with Gasteiger partial charge in [0.05, 0.1) is 0 Å². The molecule has 2 atom stereocenters. The molecule has 39 heavy (non-hydrogen) atoms. The second kappa shape index (κ2) is 10.3. The quantitative estimate of drug-likeness (QED) is 0.561. The maximum absolute atomic E-state index is 14.3. The second-order valence-electron chi connectivity index (χ2n) is 10.1. The Morgan fingerprint density at radius 1 is 1.05 bits per heavy atom. The number of para-hydroxylation sites is 1. The number of nitrogens with one attached hydrogen (secondary N) is 2. The van der Waals surface area contributed by atoms with Gasteiger partial charge in [0, 0.05) is 61.5 Å². The maximum atomic E-state index is 14.3. The number of amides is 4. The van der Waals surface area contributed by atoms with E-state index in [0.29, 0.717) is 37.4 Å². The predicted octanol–water partition coefficient (Wildman–Crippen LogP) is 2.23. The minimum atomic E-state index is -4.76. The first kappa shape index (κ1) is 26.7. The van der Waals surface area contributed by atoms with Crippen molar-refractivity contribution >= 4 is 29.3 Å². The van der Waals surface area contributed by atoms with Crippen molar-refractivity contribution in [2.75, 3.05) is 38.1 Å². The third kappa shape index (κ3) is 5.33. The third-order valence-corrected chi connectivity index (χ3v) is 7.48. The van der Waals surface area contributed by atoms with Crippen LogP contribution in [0.1, 0.15) is 50.7 Å². The van der Waals surface area contributed by atoms with E-state index in [1.807, 2.05) is 11.9 Å². The van der Waals surface area contributed by atoms with Gasteiger partial charge in [-0.05, 0) is 43.3 Å². The van der Waals surface area contributed by atoms with Crippen molar-refractivity contribution in [2.45, 2.75) is 37.6 Å². The summed E-state index contributed by atoms with van der Waals surface area (Å²) in [5.74, 6) is -2.34. The van der Waals surface area contributed by atoms with E-state index in [1.165, 1.54) is 35.2 Å². The smallest absolute Gasteiger partial charge is 0.369 e. The molecule has 206 valence electrons. The van der Waals surface area contributed by atoms with Crippen LogP contribution in [0.25, 0.3) is 0 Å². The van der Waals surface area contributed by atoms with Gasteiger partial charge < -0.3 is 20.0 Å². The topological polar surface area (TPSA) is 102 Å². The summed E-state index contributed by atoms with van der Waals surface area (Å²) < 4.78 is 43.0. The molecule has 5 rings (SSSR count). The van der Waals surface area contributed by atoms with Crippen molar-refractivity contribution in [3.8, 4) is 0 Å². The lowest BCUT2D eigenvalue weighted by atomic mass is 10.0. The largest absolute Gasteiger partial charge is 0.412 e. The molecule has 0 aromatic heterocycles. The van der Waals surface area contributed by atoms with E-state index in [1.54, 1.807) is 12.1 Å². The number of fused-ring (bicyclic) bond motifs is 1. The number of carbonyl (C=O) groups is 4. The van der Waals surface area contributed by atoms with E-state index in [4.69, 9.17) is 0 Å². The Hall–Kier alpha value is -3.93. The molecule has 2 N–H and O–H groups in total. The number of anilines is 1. The summed E-state index contributed by atoms with van der Waals surface area (Å²) in [5.41, 5.74) is 1.05. The Labute approximate surface area is 222 Å². The lowest BCUT2D eigenvalue weighted by Crippen LogP contribution is -2.52. The average molecular weight is 544 g/mol. The summed E-state index contributed by atoms with van der Waals surface area (Å²) in [6.45, 7) is 2.56. The summed E-state index contributed by atoms with van der Waals surface area (Å²) in [4.78, 5) is 55.1. The van der Waals surface area contributed by atoms with Crippen LogP contribution in [-0.4, -0.2) is 78.9 Å². The summed E-state index contributed by atoms with van der Waals surface area (Å²) in [5, 5.41) is 4.38. The van der Waals surface area contributed by atoms with Crippen LogP contribution in [0.4, 0.5) is 18.9 Å². The number of carbonyl (C=O) groups excluding carboxylic acids is 4. The molecule has 3 aliphatic heterocycles. The number of rotatable bonds is 5. The zero-order valence-electron chi connectivity index (χ0n) is 21.3. The molecule has 2 saturated heterocycles. The Morgan fingerprint density at radius 3 is 2.46 bits per heavy atom. The highest BCUT2D eigenvalue weighted by Gasteiger charge is 2.44. The fourth-order valence-corrected chi connectivity index (χ4v) is 5.33. The summed E-state index contributed by atoms with van der Waals surface area (Å²) in [7, 11) is 1.95. The van der Waals surface area contributed by atoms with Gasteiger partial charge in [-0.2, -0.15) is 13.2 Å². The van der Waals surface area contributed by atoms with E-state index in [9.17, 15) is 32.3 Å². The number of likely N-dealkylation sites (N-methyl/N-ethyl adjacent to an activating group) is 1. The van der Waals surface area contributed by atoms with Gasteiger partial charge in [0.15, 0.2) is 6.04 Å². The summed E-state index contributed by atoms with van der Waals surface area (Å²) >= 11 is 0. The van der Waals surface area contributed by atoms with Crippen LogP contribution in [0.2, 0.25) is 0 Å². The molecule has 2 unspecified atom stereocenters. The summed E-state index contributed by atoms with van der Waals surface area (Å²) in [6, 6.07) is 7.22. The van der Waals surface area contributed by atoms with Crippen molar-refractivity contribution in [1.82, 2.24) is 20.4 Å². The van der Waals surface area contributed by atoms with Gasteiger partial charge in [-0.3, -0.25) is 24.5 Å². The van der Waals surface area contributed by atoms with Crippen LogP contribution >= 0.6 is 0 Å². The van der Waals surface area contributed by atoms with Gasteiger partial charge in [0.25, 0.3) is 11.8 Å². The lowest BCUT2D eigenvalue weighted by molar-refractivity contribution is -0.155. The molecule has 2 aromatic rings. The molecule has 0 aliphatic carbocycles. The number of imide groups is 1. The van der Waals surface area contributed by atoms with Crippen molar-refractivity contribution < 1.29 is 32.3 Å². The second-order valence-corrected chi connectivity index (χ2v) is 10.1. The zero-order valence-corrected chi connectivity index (χ0v) is 21.3. The number of benzene rings is 2. The Kier molecular flexibility index (Phi) is 7.06. The first-order valence-corrected chi connectivity index (χ1v) is 12.7.